The van der Waals surface area contributed by atoms with E-state index in [1.54, 1.807) is 25.3 Å². The third-order valence-corrected chi connectivity index (χ3v) is 6.43. The summed E-state index contributed by atoms with van der Waals surface area (Å²) in [6.07, 6.45) is 3.53. The molecule has 2 aromatic carbocycles. The number of amides is 2. The van der Waals surface area contributed by atoms with Crippen LogP contribution >= 0.6 is 0 Å². The van der Waals surface area contributed by atoms with E-state index < -0.39 is 11.5 Å². The highest BCUT2D eigenvalue weighted by Crippen LogP contribution is 2.50. The lowest BCUT2D eigenvalue weighted by molar-refractivity contribution is -0.126. The number of nitrogens with one attached hydrogen (secondary N) is 1. The first kappa shape index (κ1) is 20.5. The van der Waals surface area contributed by atoms with E-state index in [-0.39, 0.29) is 24.2 Å². The van der Waals surface area contributed by atoms with Crippen molar-refractivity contribution in [1.29, 1.82) is 0 Å². The molecule has 1 heterocycles. The molecule has 4 rings (SSSR count). The molecule has 2 amide bonds. The molecular formula is C24H27FN2O3. The molecule has 1 spiro atoms. The van der Waals surface area contributed by atoms with Crippen molar-refractivity contribution in [3.63, 3.8) is 0 Å². The molecule has 0 aromatic heterocycles. The fourth-order valence-electron chi connectivity index (χ4n) is 5.11. The highest BCUT2D eigenvalue weighted by atomic mass is 19.1. The van der Waals surface area contributed by atoms with Crippen LogP contribution in [0.2, 0.25) is 0 Å². The van der Waals surface area contributed by atoms with Crippen molar-refractivity contribution in [1.82, 2.24) is 10.2 Å². The van der Waals surface area contributed by atoms with E-state index in [1.807, 2.05) is 23.1 Å². The zero-order chi connectivity index (χ0) is 21.1. The van der Waals surface area contributed by atoms with Gasteiger partial charge in [0.15, 0.2) is 0 Å². The fourth-order valence-corrected chi connectivity index (χ4v) is 5.11. The molecule has 1 aliphatic carbocycles. The highest BCUT2D eigenvalue weighted by molar-refractivity contribution is 6.02. The van der Waals surface area contributed by atoms with Crippen LogP contribution in [0.5, 0.6) is 0 Å². The Balaban J connectivity index is 1.70. The molecule has 1 fully saturated rings. The van der Waals surface area contributed by atoms with Gasteiger partial charge in [-0.1, -0.05) is 43.2 Å². The molecule has 5 nitrogen and oxygen atoms in total. The van der Waals surface area contributed by atoms with Gasteiger partial charge in [0.05, 0.1) is 18.1 Å². The van der Waals surface area contributed by atoms with Crippen molar-refractivity contribution >= 4 is 11.8 Å². The standard InChI is InChI=1S/C24H27FN2O3/c1-30-14-13-27-23(29)20-10-3-2-9-19(20)21(24(27)11-4-5-12-24)22(28)26-16-17-7-6-8-18(25)15-17/h2-3,6-10,15,21H,4-5,11-14,16H2,1H3,(H,26,28)/t21-/m1/s1. The Morgan fingerprint density at radius 2 is 1.97 bits per heavy atom. The highest BCUT2D eigenvalue weighted by Gasteiger charge is 2.55. The van der Waals surface area contributed by atoms with E-state index in [2.05, 4.69) is 5.32 Å². The molecule has 0 radical (unpaired) electrons. The molecule has 158 valence electrons. The number of hydrogen-bond donors (Lipinski definition) is 1. The number of ether oxygens (including phenoxy) is 1. The summed E-state index contributed by atoms with van der Waals surface area (Å²) >= 11 is 0. The smallest absolute Gasteiger partial charge is 0.254 e. The van der Waals surface area contributed by atoms with Crippen molar-refractivity contribution in [2.45, 2.75) is 43.7 Å². The van der Waals surface area contributed by atoms with Crippen LogP contribution in [0.3, 0.4) is 0 Å². The van der Waals surface area contributed by atoms with Gasteiger partial charge in [-0.3, -0.25) is 9.59 Å². The number of carbonyl (C=O) groups excluding carboxylic acids is 2. The average Bonchev–Trinajstić information content (AvgIpc) is 3.22. The van der Waals surface area contributed by atoms with E-state index in [4.69, 9.17) is 4.74 Å². The zero-order valence-electron chi connectivity index (χ0n) is 17.2. The Bertz CT molecular complexity index is 940. The van der Waals surface area contributed by atoms with Crippen LogP contribution in [0.25, 0.3) is 0 Å². The molecule has 0 unspecified atom stereocenters. The Labute approximate surface area is 176 Å². The van der Waals surface area contributed by atoms with Crippen molar-refractivity contribution in [2.75, 3.05) is 20.3 Å². The lowest BCUT2D eigenvalue weighted by Crippen LogP contribution is -2.61. The zero-order valence-corrected chi connectivity index (χ0v) is 17.2. The largest absolute Gasteiger partial charge is 0.383 e. The fraction of sp³-hybridized carbons (Fsp3) is 0.417. The first-order valence-electron chi connectivity index (χ1n) is 10.5. The SMILES string of the molecule is COCCN1C(=O)c2ccccc2[C@H](C(=O)NCc2cccc(F)c2)C12CCCC2. The quantitative estimate of drug-likeness (QED) is 0.791. The minimum atomic E-state index is -0.546. The number of halogens is 1. The number of nitrogens with zero attached hydrogens (tertiary/aromatic N) is 1. The van der Waals surface area contributed by atoms with E-state index in [0.717, 1.165) is 31.2 Å². The molecule has 2 aliphatic rings. The van der Waals surface area contributed by atoms with Gasteiger partial charge in [-0.15, -0.1) is 0 Å². The van der Waals surface area contributed by atoms with Crippen molar-refractivity contribution in [3.8, 4) is 0 Å². The van der Waals surface area contributed by atoms with E-state index in [9.17, 15) is 14.0 Å². The van der Waals surface area contributed by atoms with Crippen LogP contribution < -0.4 is 5.32 Å². The summed E-state index contributed by atoms with van der Waals surface area (Å²) in [6.45, 7) is 1.13. The van der Waals surface area contributed by atoms with Gasteiger partial charge in [0.2, 0.25) is 5.91 Å². The molecule has 1 saturated carbocycles. The second kappa shape index (κ2) is 8.56. The van der Waals surface area contributed by atoms with Crippen LogP contribution in [-0.4, -0.2) is 42.5 Å². The summed E-state index contributed by atoms with van der Waals surface area (Å²) in [7, 11) is 1.62. The van der Waals surface area contributed by atoms with Crippen molar-refractivity contribution in [2.24, 2.45) is 0 Å². The van der Waals surface area contributed by atoms with Gasteiger partial charge in [-0.25, -0.2) is 4.39 Å². The second-order valence-electron chi connectivity index (χ2n) is 8.13. The summed E-state index contributed by atoms with van der Waals surface area (Å²) in [5.74, 6) is -0.935. The summed E-state index contributed by atoms with van der Waals surface area (Å²) in [5.41, 5.74) is 1.53. The lowest BCUT2D eigenvalue weighted by atomic mass is 9.71. The summed E-state index contributed by atoms with van der Waals surface area (Å²) < 4.78 is 18.8. The number of hydrogen-bond acceptors (Lipinski definition) is 3. The topological polar surface area (TPSA) is 58.6 Å². The van der Waals surface area contributed by atoms with Crippen molar-refractivity contribution < 1.29 is 18.7 Å². The number of rotatable bonds is 6. The first-order valence-corrected chi connectivity index (χ1v) is 10.5. The minimum Gasteiger partial charge on any atom is -0.383 e. The normalized spacial score (nSPS) is 19.7. The maximum absolute atomic E-state index is 13.5. The first-order chi connectivity index (χ1) is 14.6. The number of fused-ring (bicyclic) bond motifs is 1. The predicted octanol–water partition coefficient (Wildman–Crippen LogP) is 3.64. The van der Waals surface area contributed by atoms with Gasteiger partial charge >= 0.3 is 0 Å². The van der Waals surface area contributed by atoms with Crippen LogP contribution in [0.4, 0.5) is 4.39 Å². The molecule has 0 bridgehead atoms. The molecule has 1 N–H and O–H groups in total. The van der Waals surface area contributed by atoms with Crippen LogP contribution in [-0.2, 0) is 16.1 Å². The van der Waals surface area contributed by atoms with Gasteiger partial charge in [-0.2, -0.15) is 0 Å². The molecule has 0 saturated heterocycles. The molecule has 30 heavy (non-hydrogen) atoms. The van der Waals surface area contributed by atoms with E-state index >= 15 is 0 Å². The number of methoxy groups -OCH3 is 1. The summed E-state index contributed by atoms with van der Waals surface area (Å²) in [6, 6.07) is 13.6. The Hall–Kier alpha value is -2.73. The monoisotopic (exact) mass is 410 g/mol. The summed E-state index contributed by atoms with van der Waals surface area (Å²) in [5, 5.41) is 3.00. The molecule has 1 aliphatic heterocycles. The molecule has 2 aromatic rings. The van der Waals surface area contributed by atoms with Gasteiger partial charge < -0.3 is 15.0 Å². The van der Waals surface area contributed by atoms with Crippen LogP contribution in [0.1, 0.15) is 53.1 Å². The molecular weight excluding hydrogens is 383 g/mol. The Morgan fingerprint density at radius 1 is 1.20 bits per heavy atom. The predicted molar refractivity (Wildman–Crippen MR) is 112 cm³/mol. The Kier molecular flexibility index (Phi) is 5.86. The van der Waals surface area contributed by atoms with Crippen molar-refractivity contribution in [3.05, 3.63) is 71.0 Å². The van der Waals surface area contributed by atoms with E-state index in [1.165, 1.54) is 12.1 Å². The van der Waals surface area contributed by atoms with E-state index in [0.29, 0.717) is 24.3 Å². The van der Waals surface area contributed by atoms with Gasteiger partial charge in [-0.05, 0) is 42.2 Å². The maximum atomic E-state index is 13.5. The molecule has 1 atom stereocenters. The van der Waals surface area contributed by atoms with Gasteiger partial charge in [0.25, 0.3) is 5.91 Å². The second-order valence-corrected chi connectivity index (χ2v) is 8.13. The molecule has 6 heteroatoms. The number of carbonyl (C=O) groups is 2. The lowest BCUT2D eigenvalue weighted by Gasteiger charge is -2.50. The summed E-state index contributed by atoms with van der Waals surface area (Å²) in [4.78, 5) is 28.8. The van der Waals surface area contributed by atoms with Crippen LogP contribution in [0, 0.1) is 5.82 Å². The average molecular weight is 410 g/mol. The number of benzene rings is 2. The van der Waals surface area contributed by atoms with Gasteiger partial charge in [0, 0.05) is 25.8 Å². The Morgan fingerprint density at radius 3 is 2.70 bits per heavy atom. The van der Waals surface area contributed by atoms with Crippen LogP contribution in [0.15, 0.2) is 48.5 Å². The third-order valence-electron chi connectivity index (χ3n) is 6.43. The maximum Gasteiger partial charge on any atom is 0.254 e. The van der Waals surface area contributed by atoms with Gasteiger partial charge in [0.1, 0.15) is 5.82 Å². The minimum absolute atomic E-state index is 0.0290. The third kappa shape index (κ3) is 3.60.